The first kappa shape index (κ1) is 22.8. The molecule has 0 unspecified atom stereocenters. The minimum absolute atomic E-state index is 0.0261. The van der Waals surface area contributed by atoms with E-state index in [2.05, 4.69) is 0 Å². The molecule has 7 heteroatoms. The summed E-state index contributed by atoms with van der Waals surface area (Å²) in [6, 6.07) is 13.4. The Morgan fingerprint density at radius 2 is 1.87 bits per heavy atom. The van der Waals surface area contributed by atoms with E-state index in [9.17, 15) is 19.7 Å². The average Bonchev–Trinajstić information content (AvgIpc) is 2.71. The molecule has 158 valence electrons. The van der Waals surface area contributed by atoms with Crippen molar-refractivity contribution in [2.45, 2.75) is 39.2 Å². The molecule has 30 heavy (non-hydrogen) atoms. The Morgan fingerprint density at radius 1 is 1.10 bits per heavy atom. The number of aryl methyl sites for hydroxylation is 1. The summed E-state index contributed by atoms with van der Waals surface area (Å²) >= 11 is 0. The van der Waals surface area contributed by atoms with Crippen LogP contribution < -0.4 is 4.74 Å². The third-order valence-electron chi connectivity index (χ3n) is 4.09. The number of nitro groups is 1. The van der Waals surface area contributed by atoms with Gasteiger partial charge in [-0.3, -0.25) is 19.7 Å². The molecule has 0 aliphatic heterocycles. The summed E-state index contributed by atoms with van der Waals surface area (Å²) in [7, 11) is 0. The SMILES string of the molecule is CC(C)OC(=O)CCc1ccccc1OCCC(=O)/C=C/c1cccc([N+](=O)[O-])c1. The van der Waals surface area contributed by atoms with Crippen LogP contribution in [0.3, 0.4) is 0 Å². The second kappa shape index (κ2) is 11.5. The van der Waals surface area contributed by atoms with Crippen LogP contribution >= 0.6 is 0 Å². The quantitative estimate of drug-likeness (QED) is 0.233. The number of benzene rings is 2. The molecule has 0 spiro atoms. The van der Waals surface area contributed by atoms with Gasteiger partial charge in [0.05, 0.1) is 17.6 Å². The van der Waals surface area contributed by atoms with Crippen LogP contribution in [0.25, 0.3) is 6.08 Å². The Kier molecular flexibility index (Phi) is 8.75. The van der Waals surface area contributed by atoms with Crippen molar-refractivity contribution in [1.82, 2.24) is 0 Å². The van der Waals surface area contributed by atoms with Crippen molar-refractivity contribution in [3.8, 4) is 5.75 Å². The normalized spacial score (nSPS) is 10.9. The van der Waals surface area contributed by atoms with Gasteiger partial charge in [0.2, 0.25) is 0 Å². The van der Waals surface area contributed by atoms with Gasteiger partial charge in [-0.2, -0.15) is 0 Å². The Labute approximate surface area is 175 Å². The fraction of sp³-hybridized carbons (Fsp3) is 0.304. The molecule has 0 saturated carbocycles. The van der Waals surface area contributed by atoms with E-state index in [1.807, 2.05) is 18.2 Å². The number of allylic oxidation sites excluding steroid dienone is 1. The molecule has 2 rings (SSSR count). The molecule has 7 nitrogen and oxygen atoms in total. The van der Waals surface area contributed by atoms with Crippen molar-refractivity contribution in [1.29, 1.82) is 0 Å². The van der Waals surface area contributed by atoms with E-state index < -0.39 is 4.92 Å². The fourth-order valence-corrected chi connectivity index (χ4v) is 2.69. The predicted octanol–water partition coefficient (Wildman–Crippen LogP) is 4.53. The van der Waals surface area contributed by atoms with E-state index in [-0.39, 0.29) is 43.0 Å². The minimum Gasteiger partial charge on any atom is -0.493 e. The van der Waals surface area contributed by atoms with Gasteiger partial charge < -0.3 is 9.47 Å². The third-order valence-corrected chi connectivity index (χ3v) is 4.09. The smallest absolute Gasteiger partial charge is 0.306 e. The van der Waals surface area contributed by atoms with Crippen molar-refractivity contribution >= 4 is 23.5 Å². The zero-order chi connectivity index (χ0) is 21.9. The summed E-state index contributed by atoms with van der Waals surface area (Å²) in [6.07, 6.45) is 3.69. The molecule has 0 atom stereocenters. The lowest BCUT2D eigenvalue weighted by Gasteiger charge is -2.11. The van der Waals surface area contributed by atoms with E-state index in [0.717, 1.165) is 5.56 Å². The maximum absolute atomic E-state index is 12.1. The van der Waals surface area contributed by atoms with Crippen LogP contribution in [-0.4, -0.2) is 29.4 Å². The molecule has 0 aliphatic carbocycles. The van der Waals surface area contributed by atoms with Crippen LogP contribution in [0.4, 0.5) is 5.69 Å². The molecule has 0 heterocycles. The number of esters is 1. The number of nitro benzene ring substituents is 1. The van der Waals surface area contributed by atoms with E-state index in [4.69, 9.17) is 9.47 Å². The number of hydrogen-bond donors (Lipinski definition) is 0. The molecule has 0 amide bonds. The topological polar surface area (TPSA) is 95.7 Å². The van der Waals surface area contributed by atoms with Gasteiger partial charge in [-0.05, 0) is 43.5 Å². The molecule has 0 N–H and O–H groups in total. The van der Waals surface area contributed by atoms with Gasteiger partial charge in [-0.15, -0.1) is 0 Å². The summed E-state index contributed by atoms with van der Waals surface area (Å²) in [5, 5.41) is 10.8. The molecular weight excluding hydrogens is 386 g/mol. The van der Waals surface area contributed by atoms with E-state index in [1.165, 1.54) is 18.2 Å². The second-order valence-corrected chi connectivity index (χ2v) is 6.90. The highest BCUT2D eigenvalue weighted by atomic mass is 16.6. The minimum atomic E-state index is -0.479. The number of ketones is 1. The summed E-state index contributed by atoms with van der Waals surface area (Å²) in [5.74, 6) is 0.214. The monoisotopic (exact) mass is 411 g/mol. The summed E-state index contributed by atoms with van der Waals surface area (Å²) in [6.45, 7) is 3.80. The van der Waals surface area contributed by atoms with Gasteiger partial charge in [-0.1, -0.05) is 36.4 Å². The predicted molar refractivity (Wildman–Crippen MR) is 113 cm³/mol. The number of hydrogen-bond acceptors (Lipinski definition) is 6. The second-order valence-electron chi connectivity index (χ2n) is 6.90. The number of ether oxygens (including phenoxy) is 2. The average molecular weight is 411 g/mol. The first-order chi connectivity index (χ1) is 14.3. The lowest BCUT2D eigenvalue weighted by molar-refractivity contribution is -0.384. The van der Waals surface area contributed by atoms with Crippen molar-refractivity contribution in [3.05, 3.63) is 75.8 Å². The Hall–Kier alpha value is -3.48. The molecule has 0 bridgehead atoms. The van der Waals surface area contributed by atoms with Crippen LogP contribution in [-0.2, 0) is 20.7 Å². The van der Waals surface area contributed by atoms with Crippen LogP contribution in [0, 0.1) is 10.1 Å². The molecule has 0 radical (unpaired) electrons. The molecule has 0 aromatic heterocycles. The largest absolute Gasteiger partial charge is 0.493 e. The first-order valence-electron chi connectivity index (χ1n) is 9.70. The van der Waals surface area contributed by atoms with Gasteiger partial charge >= 0.3 is 5.97 Å². The standard InChI is InChI=1S/C23H25NO6/c1-17(2)30-23(26)13-11-19-7-3-4-9-22(19)29-15-14-21(25)12-10-18-6-5-8-20(16-18)24(27)28/h3-10,12,16-17H,11,13-15H2,1-2H3/b12-10+. The summed E-state index contributed by atoms with van der Waals surface area (Å²) in [4.78, 5) is 34.1. The van der Waals surface area contributed by atoms with Gasteiger partial charge in [0.25, 0.3) is 5.69 Å². The Balaban J connectivity index is 1.85. The highest BCUT2D eigenvalue weighted by molar-refractivity contribution is 5.93. The van der Waals surface area contributed by atoms with Crippen molar-refractivity contribution < 1.29 is 24.0 Å². The van der Waals surface area contributed by atoms with Gasteiger partial charge in [0, 0.05) is 25.0 Å². The maximum atomic E-state index is 12.1. The molecule has 0 aliphatic rings. The highest BCUT2D eigenvalue weighted by Crippen LogP contribution is 2.20. The van der Waals surface area contributed by atoms with Crippen LogP contribution in [0.1, 0.15) is 37.8 Å². The summed E-state index contributed by atoms with van der Waals surface area (Å²) in [5.41, 5.74) is 1.43. The summed E-state index contributed by atoms with van der Waals surface area (Å²) < 4.78 is 10.9. The number of nitrogens with zero attached hydrogens (tertiary/aromatic N) is 1. The molecule has 2 aromatic carbocycles. The Morgan fingerprint density at radius 3 is 2.60 bits per heavy atom. The van der Waals surface area contributed by atoms with Gasteiger partial charge in [0.15, 0.2) is 5.78 Å². The van der Waals surface area contributed by atoms with Crippen LogP contribution in [0.15, 0.2) is 54.6 Å². The lowest BCUT2D eigenvalue weighted by atomic mass is 10.1. The van der Waals surface area contributed by atoms with Gasteiger partial charge in [-0.25, -0.2) is 0 Å². The fourth-order valence-electron chi connectivity index (χ4n) is 2.69. The van der Waals surface area contributed by atoms with E-state index >= 15 is 0 Å². The number of rotatable bonds is 11. The van der Waals surface area contributed by atoms with Crippen molar-refractivity contribution in [2.75, 3.05) is 6.61 Å². The zero-order valence-electron chi connectivity index (χ0n) is 17.1. The zero-order valence-corrected chi connectivity index (χ0v) is 17.1. The molecule has 0 saturated heterocycles. The third kappa shape index (κ3) is 7.87. The molecule has 2 aromatic rings. The van der Waals surface area contributed by atoms with Crippen LogP contribution in [0.5, 0.6) is 5.75 Å². The van der Waals surface area contributed by atoms with E-state index in [1.54, 1.807) is 38.1 Å². The van der Waals surface area contributed by atoms with Crippen molar-refractivity contribution in [3.63, 3.8) is 0 Å². The van der Waals surface area contributed by atoms with Crippen LogP contribution in [0.2, 0.25) is 0 Å². The van der Waals surface area contributed by atoms with E-state index in [0.29, 0.717) is 17.7 Å². The lowest BCUT2D eigenvalue weighted by Crippen LogP contribution is -2.12. The number of carbonyl (C=O) groups excluding carboxylic acids is 2. The number of carbonyl (C=O) groups is 2. The number of non-ortho nitro benzene ring substituents is 1. The molecular formula is C23H25NO6. The maximum Gasteiger partial charge on any atom is 0.306 e. The molecule has 0 fully saturated rings. The Bertz CT molecular complexity index is 919. The van der Waals surface area contributed by atoms with Gasteiger partial charge in [0.1, 0.15) is 5.75 Å². The first-order valence-corrected chi connectivity index (χ1v) is 9.70. The number of para-hydroxylation sites is 1. The highest BCUT2D eigenvalue weighted by Gasteiger charge is 2.10. The van der Waals surface area contributed by atoms with Crippen molar-refractivity contribution in [2.24, 2.45) is 0 Å².